The molecule has 4 rings (SSSR count). The van der Waals surface area contributed by atoms with Crippen molar-refractivity contribution < 1.29 is 0 Å². The minimum Gasteiger partial charge on any atom is -0.399 e. The van der Waals surface area contributed by atoms with E-state index in [0.717, 1.165) is 23.5 Å². The minimum atomic E-state index is 0.480. The summed E-state index contributed by atoms with van der Waals surface area (Å²) in [7, 11) is 0. The molecule has 27 heavy (non-hydrogen) atoms. The van der Waals surface area contributed by atoms with Crippen molar-refractivity contribution in [1.82, 2.24) is 4.98 Å². The maximum Gasteiger partial charge on any atom is 0.0814 e. The lowest BCUT2D eigenvalue weighted by Crippen LogP contribution is -2.22. The highest BCUT2D eigenvalue weighted by Gasteiger charge is 2.34. The normalized spacial score (nSPS) is 24.0. The molecule has 0 amide bonds. The van der Waals surface area contributed by atoms with Gasteiger partial charge in [0.05, 0.1) is 5.70 Å². The number of rotatable bonds is 5. The summed E-state index contributed by atoms with van der Waals surface area (Å²) >= 11 is 0. The zero-order valence-electron chi connectivity index (χ0n) is 16.1. The Morgan fingerprint density at radius 1 is 1.15 bits per heavy atom. The SMILES string of the molecule is CCC1C=C=C(Nc2ccnc([C@@H]3CCC3c3ccc(N)cc3)c2)C=C1C. The van der Waals surface area contributed by atoms with E-state index in [1.54, 1.807) is 0 Å². The highest BCUT2D eigenvalue weighted by Crippen LogP contribution is 2.48. The van der Waals surface area contributed by atoms with Gasteiger partial charge in [-0.1, -0.05) is 30.4 Å². The molecule has 0 spiro atoms. The summed E-state index contributed by atoms with van der Waals surface area (Å²) in [5.74, 6) is 1.53. The van der Waals surface area contributed by atoms with Crippen LogP contribution in [0.5, 0.6) is 0 Å². The van der Waals surface area contributed by atoms with E-state index < -0.39 is 0 Å². The first kappa shape index (κ1) is 17.6. The number of nitrogens with one attached hydrogen (secondary N) is 1. The summed E-state index contributed by atoms with van der Waals surface area (Å²) in [6.07, 6.45) is 9.80. The second-order valence-corrected chi connectivity index (χ2v) is 7.68. The lowest BCUT2D eigenvalue weighted by Gasteiger charge is -2.37. The molecule has 2 unspecified atom stereocenters. The summed E-state index contributed by atoms with van der Waals surface area (Å²) in [5.41, 5.74) is 16.1. The summed E-state index contributed by atoms with van der Waals surface area (Å²) in [5, 5.41) is 3.50. The van der Waals surface area contributed by atoms with E-state index in [1.807, 2.05) is 24.4 Å². The van der Waals surface area contributed by atoms with E-state index in [0.29, 0.717) is 17.8 Å². The molecule has 0 bridgehead atoms. The van der Waals surface area contributed by atoms with Crippen LogP contribution in [0.4, 0.5) is 11.4 Å². The van der Waals surface area contributed by atoms with Crippen LogP contribution in [-0.4, -0.2) is 4.98 Å². The van der Waals surface area contributed by atoms with Crippen LogP contribution < -0.4 is 11.1 Å². The van der Waals surface area contributed by atoms with Crippen LogP contribution in [0.2, 0.25) is 0 Å². The first-order valence-electron chi connectivity index (χ1n) is 9.87. The third-order valence-electron chi connectivity index (χ3n) is 5.92. The van der Waals surface area contributed by atoms with E-state index >= 15 is 0 Å². The fourth-order valence-electron chi connectivity index (χ4n) is 4.09. The Labute approximate surface area is 161 Å². The molecule has 1 aromatic carbocycles. The number of aromatic nitrogens is 1. The Kier molecular flexibility index (Phi) is 4.87. The van der Waals surface area contributed by atoms with E-state index in [4.69, 9.17) is 5.73 Å². The predicted molar refractivity (Wildman–Crippen MR) is 113 cm³/mol. The zero-order valence-corrected chi connectivity index (χ0v) is 16.1. The number of pyridine rings is 1. The molecule has 138 valence electrons. The van der Waals surface area contributed by atoms with Gasteiger partial charge in [-0.25, -0.2) is 0 Å². The van der Waals surface area contributed by atoms with E-state index in [1.165, 1.54) is 29.7 Å². The molecular formula is C24H27N3. The Hall–Kier alpha value is -2.77. The third kappa shape index (κ3) is 3.70. The number of anilines is 2. The number of benzene rings is 1. The molecule has 3 atom stereocenters. The Bertz CT molecular complexity index is 917. The molecule has 1 saturated carbocycles. The van der Waals surface area contributed by atoms with E-state index in [-0.39, 0.29) is 0 Å². The van der Waals surface area contributed by atoms with Crippen molar-refractivity contribution in [3.05, 3.63) is 83.0 Å². The predicted octanol–water partition coefficient (Wildman–Crippen LogP) is 5.76. The number of allylic oxidation sites excluding steroid dienone is 2. The molecule has 3 nitrogen and oxygen atoms in total. The Morgan fingerprint density at radius 3 is 2.59 bits per heavy atom. The van der Waals surface area contributed by atoms with Gasteiger partial charge in [0, 0.05) is 35.1 Å². The van der Waals surface area contributed by atoms with Crippen LogP contribution in [0.1, 0.15) is 56.2 Å². The van der Waals surface area contributed by atoms with Crippen LogP contribution in [0.25, 0.3) is 0 Å². The van der Waals surface area contributed by atoms with Gasteiger partial charge < -0.3 is 11.1 Å². The molecule has 2 aliphatic rings. The maximum absolute atomic E-state index is 5.83. The molecular weight excluding hydrogens is 330 g/mol. The quantitative estimate of drug-likeness (QED) is 0.528. The number of hydrogen-bond acceptors (Lipinski definition) is 3. The monoisotopic (exact) mass is 357 g/mol. The smallest absolute Gasteiger partial charge is 0.0814 e. The van der Waals surface area contributed by atoms with Gasteiger partial charge in [-0.15, -0.1) is 0 Å². The Morgan fingerprint density at radius 2 is 1.93 bits per heavy atom. The van der Waals surface area contributed by atoms with Crippen LogP contribution in [0, 0.1) is 5.92 Å². The van der Waals surface area contributed by atoms with Gasteiger partial charge in [-0.3, -0.25) is 4.98 Å². The van der Waals surface area contributed by atoms with Crippen molar-refractivity contribution >= 4 is 11.4 Å². The molecule has 2 aromatic rings. The summed E-state index contributed by atoms with van der Waals surface area (Å²) in [6.45, 7) is 4.40. The van der Waals surface area contributed by atoms with Gasteiger partial charge in [-0.05, 0) is 74.1 Å². The topological polar surface area (TPSA) is 50.9 Å². The fraction of sp³-hybridized carbons (Fsp3) is 0.333. The largest absolute Gasteiger partial charge is 0.399 e. The highest BCUT2D eigenvalue weighted by atomic mass is 14.9. The number of nitrogens with zero attached hydrogens (tertiary/aromatic N) is 1. The second-order valence-electron chi connectivity index (χ2n) is 7.68. The van der Waals surface area contributed by atoms with Crippen molar-refractivity contribution in [1.29, 1.82) is 0 Å². The fourth-order valence-corrected chi connectivity index (χ4v) is 4.09. The van der Waals surface area contributed by atoms with Crippen LogP contribution >= 0.6 is 0 Å². The average Bonchev–Trinajstić information content (AvgIpc) is 2.63. The number of hydrogen-bond donors (Lipinski definition) is 2. The van der Waals surface area contributed by atoms with Gasteiger partial charge >= 0.3 is 0 Å². The van der Waals surface area contributed by atoms with Gasteiger partial charge in [0.1, 0.15) is 0 Å². The molecule has 1 fully saturated rings. The molecule has 2 aliphatic carbocycles. The number of nitrogen functional groups attached to an aromatic ring is 1. The van der Waals surface area contributed by atoms with Crippen LogP contribution in [0.15, 0.2) is 71.7 Å². The zero-order chi connectivity index (χ0) is 18.8. The standard InChI is InChI=1S/C24H27N3/c1-3-17-6-9-20(14-16(17)2)27-21-12-13-26-24(15-21)23-11-10-22(23)18-4-7-19(25)8-5-18/h4-8,12-15,17,22-23H,3,10-11,25H2,1-2H3,(H,26,27)/t17?,22?,23-/m1/s1. The van der Waals surface area contributed by atoms with Crippen molar-refractivity contribution in [2.75, 3.05) is 11.1 Å². The van der Waals surface area contributed by atoms with Crippen LogP contribution in [0.3, 0.4) is 0 Å². The lowest BCUT2D eigenvalue weighted by molar-refractivity contribution is 0.340. The summed E-state index contributed by atoms with van der Waals surface area (Å²) in [6, 6.07) is 12.5. The minimum absolute atomic E-state index is 0.480. The first-order valence-corrected chi connectivity index (χ1v) is 9.87. The van der Waals surface area contributed by atoms with Crippen molar-refractivity contribution in [2.45, 2.75) is 44.9 Å². The van der Waals surface area contributed by atoms with Crippen molar-refractivity contribution in [3.63, 3.8) is 0 Å². The number of nitrogens with two attached hydrogens (primary N) is 1. The molecule has 1 heterocycles. The third-order valence-corrected chi connectivity index (χ3v) is 5.92. The van der Waals surface area contributed by atoms with Gasteiger partial charge in [0.25, 0.3) is 0 Å². The maximum atomic E-state index is 5.83. The molecule has 0 radical (unpaired) electrons. The van der Waals surface area contributed by atoms with Crippen molar-refractivity contribution in [2.24, 2.45) is 5.92 Å². The molecule has 0 aliphatic heterocycles. The lowest BCUT2D eigenvalue weighted by atomic mass is 9.68. The highest BCUT2D eigenvalue weighted by molar-refractivity contribution is 5.53. The summed E-state index contributed by atoms with van der Waals surface area (Å²) < 4.78 is 0. The molecule has 3 N–H and O–H groups in total. The van der Waals surface area contributed by atoms with Gasteiger partial charge in [0.2, 0.25) is 0 Å². The molecule has 1 aromatic heterocycles. The van der Waals surface area contributed by atoms with Gasteiger partial charge in [-0.2, -0.15) is 0 Å². The first-order chi connectivity index (χ1) is 13.1. The molecule has 3 heteroatoms. The van der Waals surface area contributed by atoms with E-state index in [2.05, 4.69) is 60.2 Å². The van der Waals surface area contributed by atoms with E-state index in [9.17, 15) is 0 Å². The summed E-state index contributed by atoms with van der Waals surface area (Å²) in [4.78, 5) is 4.67. The van der Waals surface area contributed by atoms with Gasteiger partial charge in [0.15, 0.2) is 0 Å². The van der Waals surface area contributed by atoms with Crippen molar-refractivity contribution in [3.8, 4) is 0 Å². The second kappa shape index (κ2) is 7.46. The molecule has 0 saturated heterocycles. The van der Waals surface area contributed by atoms with Crippen LogP contribution in [-0.2, 0) is 0 Å². The average molecular weight is 358 g/mol. The Balaban J connectivity index is 1.52.